The number of rotatable bonds is 2. The zero-order valence-electron chi connectivity index (χ0n) is 9.95. The summed E-state index contributed by atoms with van der Waals surface area (Å²) in [5.41, 5.74) is 1.22. The van der Waals surface area contributed by atoms with Crippen molar-refractivity contribution in [2.45, 2.75) is 19.4 Å². The Balaban J connectivity index is 2.05. The van der Waals surface area contributed by atoms with Crippen LogP contribution in [0.2, 0.25) is 5.02 Å². The highest BCUT2D eigenvalue weighted by Gasteiger charge is 2.23. The molecule has 0 bridgehead atoms. The molecular weight excluding hydrogens is 236 g/mol. The van der Waals surface area contributed by atoms with Crippen LogP contribution < -0.4 is 5.32 Å². The van der Waals surface area contributed by atoms with Crippen molar-refractivity contribution < 1.29 is 4.79 Å². The zero-order chi connectivity index (χ0) is 12.3. The number of piperazine rings is 1. The highest BCUT2D eigenvalue weighted by Crippen LogP contribution is 2.14. The second kappa shape index (κ2) is 5.52. The molecule has 0 spiro atoms. The van der Waals surface area contributed by atoms with Gasteiger partial charge in [0.2, 0.25) is 5.91 Å². The first-order valence-corrected chi connectivity index (χ1v) is 6.27. The maximum Gasteiger partial charge on any atom is 0.219 e. The molecule has 0 aliphatic carbocycles. The fraction of sp³-hybridized carbons (Fsp3) is 0.462. The summed E-state index contributed by atoms with van der Waals surface area (Å²) in [5.74, 6) is 0.158. The maximum absolute atomic E-state index is 11.5. The largest absolute Gasteiger partial charge is 0.337 e. The number of hydrogen-bond acceptors (Lipinski definition) is 2. The Labute approximate surface area is 107 Å². The predicted octanol–water partition coefficient (Wildman–Crippen LogP) is 1.70. The molecule has 0 aromatic heterocycles. The minimum Gasteiger partial charge on any atom is -0.337 e. The summed E-state index contributed by atoms with van der Waals surface area (Å²) in [5, 5.41) is 4.08. The number of halogens is 1. The van der Waals surface area contributed by atoms with Crippen LogP contribution in [0.25, 0.3) is 0 Å². The van der Waals surface area contributed by atoms with Gasteiger partial charge in [0, 0.05) is 37.6 Å². The number of amides is 1. The van der Waals surface area contributed by atoms with E-state index < -0.39 is 0 Å². The molecule has 17 heavy (non-hydrogen) atoms. The Kier molecular flexibility index (Phi) is 4.02. The Bertz CT molecular complexity index is 391. The predicted molar refractivity (Wildman–Crippen MR) is 69.2 cm³/mol. The van der Waals surface area contributed by atoms with Crippen LogP contribution in [0.4, 0.5) is 0 Å². The molecule has 1 aliphatic rings. The molecular formula is C13H17ClN2O. The van der Waals surface area contributed by atoms with Crippen molar-refractivity contribution >= 4 is 17.5 Å². The average Bonchev–Trinajstić information content (AvgIpc) is 2.32. The molecule has 4 heteroatoms. The van der Waals surface area contributed by atoms with E-state index in [9.17, 15) is 4.79 Å². The summed E-state index contributed by atoms with van der Waals surface area (Å²) < 4.78 is 0. The van der Waals surface area contributed by atoms with Crippen LogP contribution in [0, 0.1) is 0 Å². The minimum absolute atomic E-state index is 0.158. The van der Waals surface area contributed by atoms with Gasteiger partial charge in [-0.05, 0) is 24.1 Å². The van der Waals surface area contributed by atoms with E-state index in [2.05, 4.69) is 5.32 Å². The third-order valence-electron chi connectivity index (χ3n) is 3.14. The van der Waals surface area contributed by atoms with Gasteiger partial charge in [-0.15, -0.1) is 0 Å². The van der Waals surface area contributed by atoms with Crippen LogP contribution in [0.3, 0.4) is 0 Å². The van der Waals surface area contributed by atoms with E-state index in [4.69, 9.17) is 11.6 Å². The summed E-state index contributed by atoms with van der Waals surface area (Å²) in [7, 11) is 0. The van der Waals surface area contributed by atoms with Crippen molar-refractivity contribution in [2.75, 3.05) is 19.6 Å². The molecule has 1 amide bonds. The van der Waals surface area contributed by atoms with Crippen molar-refractivity contribution in [3.05, 3.63) is 34.9 Å². The van der Waals surface area contributed by atoms with Crippen LogP contribution >= 0.6 is 11.6 Å². The monoisotopic (exact) mass is 252 g/mol. The average molecular weight is 253 g/mol. The first-order chi connectivity index (χ1) is 8.16. The summed E-state index contributed by atoms with van der Waals surface area (Å²) in [4.78, 5) is 13.5. The summed E-state index contributed by atoms with van der Waals surface area (Å²) in [6.07, 6.45) is 0.879. The molecule has 0 radical (unpaired) electrons. The van der Waals surface area contributed by atoms with E-state index in [1.165, 1.54) is 5.56 Å². The van der Waals surface area contributed by atoms with Crippen molar-refractivity contribution in [1.29, 1.82) is 0 Å². The molecule has 1 aromatic carbocycles. The van der Waals surface area contributed by atoms with Crippen LogP contribution in [0.5, 0.6) is 0 Å². The van der Waals surface area contributed by atoms with Gasteiger partial charge in [-0.25, -0.2) is 0 Å². The van der Waals surface area contributed by atoms with Gasteiger partial charge < -0.3 is 10.2 Å². The highest BCUT2D eigenvalue weighted by atomic mass is 35.5. The molecule has 1 atom stereocenters. The Morgan fingerprint density at radius 1 is 1.47 bits per heavy atom. The van der Waals surface area contributed by atoms with Crippen molar-refractivity contribution in [3.63, 3.8) is 0 Å². The summed E-state index contributed by atoms with van der Waals surface area (Å²) in [6.45, 7) is 4.19. The topological polar surface area (TPSA) is 32.3 Å². The Morgan fingerprint density at radius 3 is 2.82 bits per heavy atom. The molecule has 2 rings (SSSR count). The fourth-order valence-electron chi connectivity index (χ4n) is 2.25. The van der Waals surface area contributed by atoms with E-state index in [1.54, 1.807) is 6.92 Å². The molecule has 1 aliphatic heterocycles. The van der Waals surface area contributed by atoms with Gasteiger partial charge in [0.15, 0.2) is 0 Å². The second-order valence-corrected chi connectivity index (χ2v) is 4.84. The number of nitrogens with zero attached hydrogens (tertiary/aromatic N) is 1. The Morgan fingerprint density at radius 2 is 2.18 bits per heavy atom. The van der Waals surface area contributed by atoms with E-state index in [0.29, 0.717) is 0 Å². The van der Waals surface area contributed by atoms with Crippen molar-refractivity contribution in [3.8, 4) is 0 Å². The van der Waals surface area contributed by atoms with E-state index in [-0.39, 0.29) is 11.9 Å². The molecule has 0 saturated carbocycles. The van der Waals surface area contributed by atoms with Crippen molar-refractivity contribution in [1.82, 2.24) is 10.2 Å². The lowest BCUT2D eigenvalue weighted by molar-refractivity contribution is -0.131. The number of benzene rings is 1. The molecule has 92 valence electrons. The molecule has 1 saturated heterocycles. The van der Waals surface area contributed by atoms with Crippen LogP contribution in [0.15, 0.2) is 24.3 Å². The van der Waals surface area contributed by atoms with Crippen molar-refractivity contribution in [2.24, 2.45) is 0 Å². The van der Waals surface area contributed by atoms with E-state index in [0.717, 1.165) is 31.1 Å². The normalized spacial score (nSPS) is 20.4. The van der Waals surface area contributed by atoms with Gasteiger partial charge in [-0.3, -0.25) is 4.79 Å². The minimum atomic E-state index is 0.158. The first kappa shape index (κ1) is 12.4. The summed E-state index contributed by atoms with van der Waals surface area (Å²) >= 11 is 5.86. The third kappa shape index (κ3) is 3.20. The lowest BCUT2D eigenvalue weighted by atomic mass is 10.0. The van der Waals surface area contributed by atoms with Gasteiger partial charge >= 0.3 is 0 Å². The highest BCUT2D eigenvalue weighted by molar-refractivity contribution is 6.30. The number of nitrogens with one attached hydrogen (secondary N) is 1. The molecule has 1 unspecified atom stereocenters. The van der Waals surface area contributed by atoms with E-state index >= 15 is 0 Å². The molecule has 3 nitrogen and oxygen atoms in total. The van der Waals surface area contributed by atoms with Crippen LogP contribution in [0.1, 0.15) is 12.5 Å². The van der Waals surface area contributed by atoms with Crippen LogP contribution in [-0.4, -0.2) is 36.5 Å². The standard InChI is InChI=1S/C13H17ClN2O/c1-10(17)16-7-6-15-9-13(16)8-11-2-4-12(14)5-3-11/h2-5,13,15H,6-9H2,1H3. The Hall–Kier alpha value is -1.06. The van der Waals surface area contributed by atoms with Crippen LogP contribution in [-0.2, 0) is 11.2 Å². The van der Waals surface area contributed by atoms with Gasteiger partial charge in [0.25, 0.3) is 0 Å². The lowest BCUT2D eigenvalue weighted by Gasteiger charge is -2.35. The number of carbonyl (C=O) groups is 1. The first-order valence-electron chi connectivity index (χ1n) is 5.89. The SMILES string of the molecule is CC(=O)N1CCNCC1Cc1ccc(Cl)cc1. The number of carbonyl (C=O) groups excluding carboxylic acids is 1. The van der Waals surface area contributed by atoms with Gasteiger partial charge in [0.1, 0.15) is 0 Å². The molecule has 1 aromatic rings. The third-order valence-corrected chi connectivity index (χ3v) is 3.39. The fourth-order valence-corrected chi connectivity index (χ4v) is 2.38. The molecule has 1 fully saturated rings. The quantitative estimate of drug-likeness (QED) is 0.869. The second-order valence-electron chi connectivity index (χ2n) is 4.40. The number of hydrogen-bond donors (Lipinski definition) is 1. The maximum atomic E-state index is 11.5. The van der Waals surface area contributed by atoms with E-state index in [1.807, 2.05) is 29.2 Å². The lowest BCUT2D eigenvalue weighted by Crippen LogP contribution is -2.53. The van der Waals surface area contributed by atoms with Gasteiger partial charge in [-0.2, -0.15) is 0 Å². The zero-order valence-corrected chi connectivity index (χ0v) is 10.7. The molecule has 1 heterocycles. The summed E-state index contributed by atoms with van der Waals surface area (Å²) in [6, 6.07) is 8.09. The molecule has 1 N–H and O–H groups in total. The van der Waals surface area contributed by atoms with Gasteiger partial charge in [0.05, 0.1) is 0 Å². The smallest absolute Gasteiger partial charge is 0.219 e. The van der Waals surface area contributed by atoms with Gasteiger partial charge in [-0.1, -0.05) is 23.7 Å².